The Balaban J connectivity index is 1.66. The summed E-state index contributed by atoms with van der Waals surface area (Å²) in [5.41, 5.74) is -0.224. The number of halogens is 3. The lowest BCUT2D eigenvalue weighted by Crippen LogP contribution is -2.40. The molecule has 2 amide bonds. The Morgan fingerprint density at radius 3 is 2.30 bits per heavy atom. The number of alkyl halides is 3. The van der Waals surface area contributed by atoms with Crippen molar-refractivity contribution in [3.63, 3.8) is 0 Å². The van der Waals surface area contributed by atoms with Crippen molar-refractivity contribution in [2.75, 3.05) is 31.6 Å². The minimum atomic E-state index is -4.49. The molecule has 2 aromatic carbocycles. The van der Waals surface area contributed by atoms with Crippen LogP contribution in [0.4, 0.5) is 18.9 Å². The number of nitrogens with zero attached hydrogens (tertiary/aromatic N) is 1. The normalized spacial score (nSPS) is 14.7. The van der Waals surface area contributed by atoms with Gasteiger partial charge in [0.05, 0.1) is 18.8 Å². The Bertz CT molecular complexity index is 1080. The first-order chi connectivity index (χ1) is 14.3. The standard InChI is InChI=1S/C21H17F3N2O4/c22-21(23,24)14-7-5-13(6-8-14)19(27)25-17-15-3-1-2-4-16(15)30-18(17)20(28)26-9-11-29-12-10-26/h1-8H,9-12H2,(H,25,27). The third-order valence-electron chi connectivity index (χ3n) is 4.80. The summed E-state index contributed by atoms with van der Waals surface area (Å²) in [5, 5.41) is 3.16. The Kier molecular flexibility index (Phi) is 5.21. The van der Waals surface area contributed by atoms with Crippen LogP contribution in [-0.2, 0) is 10.9 Å². The Morgan fingerprint density at radius 2 is 1.63 bits per heavy atom. The molecule has 1 aliphatic heterocycles. The Labute approximate surface area is 169 Å². The molecule has 9 heteroatoms. The Hall–Kier alpha value is -3.33. The Morgan fingerprint density at radius 1 is 0.967 bits per heavy atom. The molecule has 0 unspecified atom stereocenters. The van der Waals surface area contributed by atoms with Crippen LogP contribution in [0.1, 0.15) is 26.5 Å². The summed E-state index contributed by atoms with van der Waals surface area (Å²) < 4.78 is 49.2. The first-order valence-corrected chi connectivity index (χ1v) is 9.22. The van der Waals surface area contributed by atoms with Crippen LogP contribution in [0, 0.1) is 0 Å². The van der Waals surface area contributed by atoms with E-state index in [1.165, 1.54) is 0 Å². The molecular weight excluding hydrogens is 401 g/mol. The number of amides is 2. The molecule has 3 aromatic rings. The van der Waals surface area contributed by atoms with E-state index in [9.17, 15) is 22.8 Å². The van der Waals surface area contributed by atoms with E-state index in [1.54, 1.807) is 29.2 Å². The van der Waals surface area contributed by atoms with Crippen molar-refractivity contribution in [1.82, 2.24) is 4.90 Å². The number of rotatable bonds is 3. The predicted molar refractivity (Wildman–Crippen MR) is 102 cm³/mol. The molecule has 1 saturated heterocycles. The maximum atomic E-state index is 13.0. The van der Waals surface area contributed by atoms with Gasteiger partial charge in [-0.15, -0.1) is 0 Å². The molecule has 4 rings (SSSR count). The molecule has 0 spiro atoms. The zero-order valence-electron chi connectivity index (χ0n) is 15.7. The summed E-state index contributed by atoms with van der Waals surface area (Å²) in [6.45, 7) is 1.59. The molecule has 0 aliphatic carbocycles. The quantitative estimate of drug-likeness (QED) is 0.693. The number of fused-ring (bicyclic) bond motifs is 1. The van der Waals surface area contributed by atoms with E-state index in [4.69, 9.17) is 9.15 Å². The molecule has 1 fully saturated rings. The molecule has 6 nitrogen and oxygen atoms in total. The molecule has 1 N–H and O–H groups in total. The molecular formula is C21H17F3N2O4. The molecule has 2 heterocycles. The second-order valence-electron chi connectivity index (χ2n) is 6.74. The van der Waals surface area contributed by atoms with E-state index >= 15 is 0 Å². The first-order valence-electron chi connectivity index (χ1n) is 9.22. The second kappa shape index (κ2) is 7.83. The lowest BCUT2D eigenvalue weighted by atomic mass is 10.1. The fourth-order valence-corrected chi connectivity index (χ4v) is 3.23. The van der Waals surface area contributed by atoms with Gasteiger partial charge in [0, 0.05) is 24.0 Å². The maximum Gasteiger partial charge on any atom is 0.416 e. The number of furan rings is 1. The zero-order chi connectivity index (χ0) is 21.3. The van der Waals surface area contributed by atoms with E-state index in [2.05, 4.69) is 5.32 Å². The summed E-state index contributed by atoms with van der Waals surface area (Å²) in [6, 6.07) is 10.7. The summed E-state index contributed by atoms with van der Waals surface area (Å²) in [6.07, 6.45) is -4.49. The maximum absolute atomic E-state index is 13.0. The van der Waals surface area contributed by atoms with Gasteiger partial charge in [-0.25, -0.2) is 0 Å². The lowest BCUT2D eigenvalue weighted by Gasteiger charge is -2.26. The summed E-state index contributed by atoms with van der Waals surface area (Å²) >= 11 is 0. The average Bonchev–Trinajstić information content (AvgIpc) is 3.11. The molecule has 0 atom stereocenters. The highest BCUT2D eigenvalue weighted by molar-refractivity contribution is 6.14. The van der Waals surface area contributed by atoms with Gasteiger partial charge in [-0.1, -0.05) is 12.1 Å². The largest absolute Gasteiger partial charge is 0.449 e. The number of anilines is 1. The highest BCUT2D eigenvalue weighted by atomic mass is 19.4. The molecule has 156 valence electrons. The second-order valence-corrected chi connectivity index (χ2v) is 6.74. The number of nitrogens with one attached hydrogen (secondary N) is 1. The van der Waals surface area contributed by atoms with Crippen LogP contribution >= 0.6 is 0 Å². The minimum absolute atomic E-state index is 0.0260. The zero-order valence-corrected chi connectivity index (χ0v) is 15.7. The van der Waals surface area contributed by atoms with E-state index in [1.807, 2.05) is 0 Å². The third-order valence-corrected chi connectivity index (χ3v) is 4.80. The van der Waals surface area contributed by atoms with Gasteiger partial charge in [0.15, 0.2) is 0 Å². The molecule has 30 heavy (non-hydrogen) atoms. The number of morpholine rings is 1. The average molecular weight is 418 g/mol. The van der Waals surface area contributed by atoms with Crippen LogP contribution in [0.15, 0.2) is 52.9 Å². The summed E-state index contributed by atoms with van der Waals surface area (Å²) in [4.78, 5) is 27.2. The van der Waals surface area contributed by atoms with E-state index in [0.29, 0.717) is 37.3 Å². The highest BCUT2D eigenvalue weighted by Crippen LogP contribution is 2.33. The predicted octanol–water partition coefficient (Wildman–Crippen LogP) is 4.18. The van der Waals surface area contributed by atoms with E-state index in [0.717, 1.165) is 24.3 Å². The van der Waals surface area contributed by atoms with Gasteiger partial charge >= 0.3 is 6.18 Å². The number of ether oxygens (including phenoxy) is 1. The van der Waals surface area contributed by atoms with Gasteiger partial charge < -0.3 is 19.4 Å². The van der Waals surface area contributed by atoms with Gasteiger partial charge in [0.2, 0.25) is 5.76 Å². The molecule has 0 bridgehead atoms. The van der Waals surface area contributed by atoms with Gasteiger partial charge in [-0.05, 0) is 36.4 Å². The van der Waals surface area contributed by atoms with Crippen LogP contribution in [0.3, 0.4) is 0 Å². The fraction of sp³-hybridized carbons (Fsp3) is 0.238. The van der Waals surface area contributed by atoms with Crippen LogP contribution in [0.5, 0.6) is 0 Å². The van der Waals surface area contributed by atoms with Crippen molar-refractivity contribution in [1.29, 1.82) is 0 Å². The fourth-order valence-electron chi connectivity index (χ4n) is 3.23. The molecule has 0 radical (unpaired) electrons. The van der Waals surface area contributed by atoms with Gasteiger partial charge in [-0.3, -0.25) is 9.59 Å². The third kappa shape index (κ3) is 3.88. The number of carbonyl (C=O) groups is 2. The number of hydrogen-bond donors (Lipinski definition) is 1. The van der Waals surface area contributed by atoms with Crippen LogP contribution in [0.25, 0.3) is 11.0 Å². The van der Waals surface area contributed by atoms with Gasteiger partial charge in [0.1, 0.15) is 11.3 Å². The lowest BCUT2D eigenvalue weighted by molar-refractivity contribution is -0.137. The molecule has 1 aliphatic rings. The van der Waals surface area contributed by atoms with E-state index in [-0.39, 0.29) is 17.0 Å². The van der Waals surface area contributed by atoms with Crippen LogP contribution in [0.2, 0.25) is 0 Å². The molecule has 1 aromatic heterocycles. The topological polar surface area (TPSA) is 71.8 Å². The monoisotopic (exact) mass is 418 g/mol. The van der Waals surface area contributed by atoms with Crippen molar-refractivity contribution < 1.29 is 31.9 Å². The summed E-state index contributed by atoms with van der Waals surface area (Å²) in [5.74, 6) is -1.07. The molecule has 0 saturated carbocycles. The van der Waals surface area contributed by atoms with E-state index < -0.39 is 23.6 Å². The number of benzene rings is 2. The highest BCUT2D eigenvalue weighted by Gasteiger charge is 2.31. The SMILES string of the molecule is O=C(Nc1c(C(=O)N2CCOCC2)oc2ccccc12)c1ccc(C(F)(F)F)cc1. The minimum Gasteiger partial charge on any atom is -0.449 e. The number of hydrogen-bond acceptors (Lipinski definition) is 4. The van der Waals surface area contributed by atoms with Crippen LogP contribution < -0.4 is 5.32 Å². The van der Waals surface area contributed by atoms with Crippen molar-refractivity contribution >= 4 is 28.5 Å². The van der Waals surface area contributed by atoms with Crippen molar-refractivity contribution in [2.45, 2.75) is 6.18 Å². The summed E-state index contributed by atoms with van der Waals surface area (Å²) in [7, 11) is 0. The van der Waals surface area contributed by atoms with Gasteiger partial charge in [0.25, 0.3) is 11.8 Å². The smallest absolute Gasteiger partial charge is 0.416 e. The van der Waals surface area contributed by atoms with Crippen molar-refractivity contribution in [2.24, 2.45) is 0 Å². The van der Waals surface area contributed by atoms with Crippen molar-refractivity contribution in [3.05, 3.63) is 65.4 Å². The van der Waals surface area contributed by atoms with Gasteiger partial charge in [-0.2, -0.15) is 13.2 Å². The van der Waals surface area contributed by atoms with Crippen molar-refractivity contribution in [3.8, 4) is 0 Å². The van der Waals surface area contributed by atoms with Crippen LogP contribution in [-0.4, -0.2) is 43.0 Å². The first kappa shape index (κ1) is 20.0. The number of para-hydroxylation sites is 1. The number of carbonyl (C=O) groups excluding carboxylic acids is 2.